The minimum Gasteiger partial charge on any atom is -0.268 e. The molecule has 0 saturated heterocycles. The molecule has 0 fully saturated rings. The number of rotatable bonds is 3. The molecular weight excluding hydrogens is 229 g/mol. The lowest BCUT2D eigenvalue weighted by Crippen LogP contribution is -2.22. The molecule has 0 aliphatic carbocycles. The number of nitrogens with two attached hydrogens (primary N) is 1. The second-order valence-electron chi connectivity index (χ2n) is 2.57. The van der Waals surface area contributed by atoms with E-state index in [0.717, 1.165) is 12.1 Å². The third-order valence-electron chi connectivity index (χ3n) is 1.42. The van der Waals surface area contributed by atoms with Crippen LogP contribution in [0.3, 0.4) is 0 Å². The number of nitrogens with zero attached hydrogens (tertiary/aromatic N) is 1. The topological polar surface area (TPSA) is 115 Å². The molecule has 7 nitrogen and oxygen atoms in total. The first kappa shape index (κ1) is 11.3. The normalized spacial score (nSPS) is 11.1. The first-order valence-corrected chi connectivity index (χ1v) is 5.09. The maximum atomic E-state index is 13.1. The molecule has 1 aromatic rings. The van der Waals surface area contributed by atoms with Crippen LogP contribution in [-0.4, -0.2) is 13.3 Å². The van der Waals surface area contributed by atoms with Crippen molar-refractivity contribution < 1.29 is 17.7 Å². The molecule has 0 aliphatic rings. The Morgan fingerprint density at radius 3 is 2.47 bits per heavy atom. The zero-order chi connectivity index (χ0) is 11.6. The van der Waals surface area contributed by atoms with Crippen LogP contribution in [0.1, 0.15) is 0 Å². The lowest BCUT2D eigenvalue weighted by Gasteiger charge is -2.03. The van der Waals surface area contributed by atoms with Crippen LogP contribution < -0.4 is 9.86 Å². The predicted octanol–water partition coefficient (Wildman–Crippen LogP) is 0.349. The van der Waals surface area contributed by atoms with Gasteiger partial charge in [-0.15, -0.1) is 0 Å². The SMILES string of the molecule is NS(=O)(=O)Nc1ccc([N+](=O)[O-])cc1F. The molecule has 1 rings (SSSR count). The second kappa shape index (κ2) is 3.79. The lowest BCUT2D eigenvalue weighted by atomic mass is 10.3. The summed E-state index contributed by atoms with van der Waals surface area (Å²) in [6, 6.07) is 2.46. The molecule has 82 valence electrons. The van der Waals surface area contributed by atoms with E-state index in [2.05, 4.69) is 5.14 Å². The molecule has 0 spiro atoms. The highest BCUT2D eigenvalue weighted by atomic mass is 32.2. The summed E-state index contributed by atoms with van der Waals surface area (Å²) in [7, 11) is -4.09. The fourth-order valence-electron chi connectivity index (χ4n) is 0.854. The first-order chi connectivity index (χ1) is 6.79. The largest absolute Gasteiger partial charge is 0.296 e. The molecular formula is C6H6FN3O4S. The van der Waals surface area contributed by atoms with Gasteiger partial charge in [0.05, 0.1) is 16.7 Å². The summed E-state index contributed by atoms with van der Waals surface area (Å²) in [6.07, 6.45) is 0. The van der Waals surface area contributed by atoms with E-state index in [1.807, 2.05) is 0 Å². The fraction of sp³-hybridized carbons (Fsp3) is 0. The molecule has 15 heavy (non-hydrogen) atoms. The highest BCUT2D eigenvalue weighted by molar-refractivity contribution is 7.90. The average Bonchev–Trinajstić information content (AvgIpc) is 2.05. The molecule has 0 aliphatic heterocycles. The molecule has 0 amide bonds. The van der Waals surface area contributed by atoms with Crippen LogP contribution in [0.25, 0.3) is 0 Å². The third-order valence-corrected chi connectivity index (χ3v) is 1.92. The zero-order valence-electron chi connectivity index (χ0n) is 7.18. The van der Waals surface area contributed by atoms with E-state index in [-0.39, 0.29) is 0 Å². The van der Waals surface area contributed by atoms with Crippen molar-refractivity contribution in [3.8, 4) is 0 Å². The van der Waals surface area contributed by atoms with Crippen molar-refractivity contribution in [2.75, 3.05) is 4.72 Å². The summed E-state index contributed by atoms with van der Waals surface area (Å²) in [5.41, 5.74) is -0.921. The number of benzene rings is 1. The maximum absolute atomic E-state index is 13.1. The zero-order valence-corrected chi connectivity index (χ0v) is 7.99. The average molecular weight is 235 g/mol. The van der Waals surface area contributed by atoms with Crippen LogP contribution in [0.5, 0.6) is 0 Å². The van der Waals surface area contributed by atoms with E-state index in [1.54, 1.807) is 4.72 Å². The molecule has 9 heteroatoms. The highest BCUT2D eigenvalue weighted by Crippen LogP contribution is 2.20. The van der Waals surface area contributed by atoms with E-state index in [4.69, 9.17) is 0 Å². The fourth-order valence-corrected chi connectivity index (χ4v) is 1.33. The highest BCUT2D eigenvalue weighted by Gasteiger charge is 2.12. The Labute approximate surface area is 84.0 Å². The van der Waals surface area contributed by atoms with Crippen molar-refractivity contribution in [2.45, 2.75) is 0 Å². The summed E-state index contributed by atoms with van der Waals surface area (Å²) < 4.78 is 35.8. The maximum Gasteiger partial charge on any atom is 0.296 e. The van der Waals surface area contributed by atoms with Gasteiger partial charge in [0.1, 0.15) is 0 Å². The minimum atomic E-state index is -4.09. The number of anilines is 1. The van der Waals surface area contributed by atoms with E-state index in [0.29, 0.717) is 6.07 Å². The summed E-state index contributed by atoms with van der Waals surface area (Å²) in [5, 5.41) is 14.8. The molecule has 0 aromatic heterocycles. The number of nitrogens with one attached hydrogen (secondary N) is 1. The van der Waals surface area contributed by atoms with Gasteiger partial charge < -0.3 is 0 Å². The number of non-ortho nitro benzene ring substituents is 1. The van der Waals surface area contributed by atoms with Gasteiger partial charge >= 0.3 is 0 Å². The van der Waals surface area contributed by atoms with Crippen molar-refractivity contribution in [3.63, 3.8) is 0 Å². The Bertz CT molecular complexity index is 501. The molecule has 3 N–H and O–H groups in total. The van der Waals surface area contributed by atoms with Crippen LogP contribution in [0.2, 0.25) is 0 Å². The molecule has 0 saturated carbocycles. The Morgan fingerprint density at radius 2 is 2.07 bits per heavy atom. The van der Waals surface area contributed by atoms with Gasteiger partial charge in [-0.1, -0.05) is 0 Å². The predicted molar refractivity (Wildman–Crippen MR) is 49.8 cm³/mol. The van der Waals surface area contributed by atoms with Crippen LogP contribution in [0.4, 0.5) is 15.8 Å². The standard InChI is InChI=1S/C6H6FN3O4S/c7-5-3-4(10(11)12)1-2-6(5)9-15(8,13)14/h1-3,9H,(H2,8,13,14). The van der Waals surface area contributed by atoms with Gasteiger partial charge in [0.25, 0.3) is 15.9 Å². The smallest absolute Gasteiger partial charge is 0.268 e. The van der Waals surface area contributed by atoms with Crippen LogP contribution >= 0.6 is 0 Å². The van der Waals surface area contributed by atoms with Gasteiger partial charge in [-0.05, 0) is 6.07 Å². The Balaban J connectivity index is 3.09. The Hall–Kier alpha value is -1.74. The van der Waals surface area contributed by atoms with Gasteiger partial charge in [0.15, 0.2) is 5.82 Å². The molecule has 0 radical (unpaired) electrons. The Morgan fingerprint density at radius 1 is 1.47 bits per heavy atom. The number of nitro benzene ring substituents is 1. The van der Waals surface area contributed by atoms with Gasteiger partial charge in [-0.2, -0.15) is 8.42 Å². The first-order valence-electron chi connectivity index (χ1n) is 3.54. The van der Waals surface area contributed by atoms with Crippen molar-refractivity contribution in [3.05, 3.63) is 34.1 Å². The van der Waals surface area contributed by atoms with E-state index in [1.165, 1.54) is 0 Å². The van der Waals surface area contributed by atoms with Crippen molar-refractivity contribution in [1.82, 2.24) is 0 Å². The van der Waals surface area contributed by atoms with Crippen LogP contribution in [0, 0.1) is 15.9 Å². The molecule has 0 bridgehead atoms. The number of halogens is 1. The van der Waals surface area contributed by atoms with Crippen LogP contribution in [0.15, 0.2) is 18.2 Å². The third kappa shape index (κ3) is 3.14. The van der Waals surface area contributed by atoms with E-state index < -0.39 is 32.3 Å². The van der Waals surface area contributed by atoms with Gasteiger partial charge in [-0.3, -0.25) is 14.8 Å². The van der Waals surface area contributed by atoms with Crippen molar-refractivity contribution in [1.29, 1.82) is 0 Å². The quantitative estimate of drug-likeness (QED) is 0.580. The molecule has 0 heterocycles. The minimum absolute atomic E-state index is 0.442. The van der Waals surface area contributed by atoms with Crippen molar-refractivity contribution >= 4 is 21.6 Å². The van der Waals surface area contributed by atoms with E-state index >= 15 is 0 Å². The second-order valence-corrected chi connectivity index (χ2v) is 3.86. The number of hydrogen-bond donors (Lipinski definition) is 2. The summed E-state index contributed by atoms with van der Waals surface area (Å²) in [6.45, 7) is 0. The molecule has 0 unspecified atom stereocenters. The summed E-state index contributed by atoms with van der Waals surface area (Å²) in [4.78, 5) is 9.42. The van der Waals surface area contributed by atoms with Crippen molar-refractivity contribution in [2.24, 2.45) is 5.14 Å². The monoisotopic (exact) mass is 235 g/mol. The number of nitro groups is 1. The van der Waals surface area contributed by atoms with Crippen LogP contribution in [-0.2, 0) is 10.2 Å². The van der Waals surface area contributed by atoms with Gasteiger partial charge in [-0.25, -0.2) is 9.53 Å². The Kier molecular flexibility index (Phi) is 2.86. The molecule has 1 aromatic carbocycles. The lowest BCUT2D eigenvalue weighted by molar-refractivity contribution is -0.385. The summed E-state index contributed by atoms with van der Waals surface area (Å²) >= 11 is 0. The van der Waals surface area contributed by atoms with Gasteiger partial charge in [0.2, 0.25) is 0 Å². The number of hydrogen-bond acceptors (Lipinski definition) is 4. The van der Waals surface area contributed by atoms with E-state index in [9.17, 15) is 22.9 Å². The molecule has 0 atom stereocenters. The van der Waals surface area contributed by atoms with Gasteiger partial charge in [0, 0.05) is 6.07 Å². The summed E-state index contributed by atoms with van der Waals surface area (Å²) in [5.74, 6) is -1.07.